The van der Waals surface area contributed by atoms with Gasteiger partial charge >= 0.3 is 0 Å². The normalized spacial score (nSPS) is 26.0. The molecule has 13 heavy (non-hydrogen) atoms. The molecule has 0 radical (unpaired) electrons. The molecule has 0 saturated carbocycles. The van der Waals surface area contributed by atoms with Crippen LogP contribution in [-0.2, 0) is 6.42 Å². The van der Waals surface area contributed by atoms with Gasteiger partial charge in [-0.15, -0.1) is 0 Å². The highest BCUT2D eigenvalue weighted by molar-refractivity contribution is 5.36. The molecule has 1 aromatic rings. The molecule has 2 nitrogen and oxygen atoms in total. The van der Waals surface area contributed by atoms with Crippen LogP contribution in [0.1, 0.15) is 24.1 Å². The summed E-state index contributed by atoms with van der Waals surface area (Å²) in [6.07, 6.45) is 0.533. The van der Waals surface area contributed by atoms with Crippen LogP contribution in [0.2, 0.25) is 0 Å². The largest absolute Gasteiger partial charge is 0.391 e. The highest BCUT2D eigenvalue weighted by Gasteiger charge is 2.29. The lowest BCUT2D eigenvalue weighted by molar-refractivity contribution is 0.142. The summed E-state index contributed by atoms with van der Waals surface area (Å²) >= 11 is 0. The Balaban J connectivity index is 2.29. The third-order valence-electron chi connectivity index (χ3n) is 2.63. The molecule has 2 unspecified atom stereocenters. The fourth-order valence-electron chi connectivity index (χ4n) is 2.04. The summed E-state index contributed by atoms with van der Waals surface area (Å²) in [5.74, 6) is 0. The molecule has 0 amide bonds. The van der Waals surface area contributed by atoms with Crippen molar-refractivity contribution in [2.75, 3.05) is 6.54 Å². The van der Waals surface area contributed by atoms with Crippen molar-refractivity contribution < 1.29 is 5.11 Å². The fourth-order valence-corrected chi connectivity index (χ4v) is 2.04. The molecule has 0 aliphatic heterocycles. The van der Waals surface area contributed by atoms with E-state index in [0.717, 1.165) is 13.0 Å². The second kappa shape index (κ2) is 3.48. The first-order chi connectivity index (χ1) is 6.33. The Kier molecular flexibility index (Phi) is 2.34. The van der Waals surface area contributed by atoms with E-state index in [1.165, 1.54) is 11.1 Å². The van der Waals surface area contributed by atoms with Gasteiger partial charge in [-0.05, 0) is 17.7 Å². The van der Waals surface area contributed by atoms with Crippen LogP contribution in [-0.4, -0.2) is 17.8 Å². The second-order valence-electron chi connectivity index (χ2n) is 3.51. The van der Waals surface area contributed by atoms with Crippen LogP contribution in [0, 0.1) is 0 Å². The van der Waals surface area contributed by atoms with Gasteiger partial charge in [0.25, 0.3) is 0 Å². The minimum Gasteiger partial charge on any atom is -0.391 e. The van der Waals surface area contributed by atoms with Crippen molar-refractivity contribution >= 4 is 0 Å². The fraction of sp³-hybridized carbons (Fsp3) is 0.455. The van der Waals surface area contributed by atoms with E-state index < -0.39 is 0 Å². The highest BCUT2D eigenvalue weighted by Crippen LogP contribution is 2.30. The van der Waals surface area contributed by atoms with Crippen LogP contribution < -0.4 is 5.32 Å². The zero-order chi connectivity index (χ0) is 9.26. The van der Waals surface area contributed by atoms with E-state index in [2.05, 4.69) is 24.4 Å². The summed E-state index contributed by atoms with van der Waals surface area (Å²) < 4.78 is 0. The summed E-state index contributed by atoms with van der Waals surface area (Å²) in [5, 5.41) is 13.1. The molecule has 0 saturated heterocycles. The van der Waals surface area contributed by atoms with Gasteiger partial charge in [0.1, 0.15) is 0 Å². The van der Waals surface area contributed by atoms with Crippen LogP contribution in [0.15, 0.2) is 24.3 Å². The third kappa shape index (κ3) is 1.47. The van der Waals surface area contributed by atoms with Crippen molar-refractivity contribution in [3.8, 4) is 0 Å². The molecular weight excluding hydrogens is 162 g/mol. The van der Waals surface area contributed by atoms with E-state index >= 15 is 0 Å². The quantitative estimate of drug-likeness (QED) is 0.712. The first-order valence-corrected chi connectivity index (χ1v) is 4.82. The summed E-state index contributed by atoms with van der Waals surface area (Å²) in [7, 11) is 0. The summed E-state index contributed by atoms with van der Waals surface area (Å²) in [5.41, 5.74) is 2.54. The lowest BCUT2D eigenvalue weighted by Gasteiger charge is -2.16. The predicted octanol–water partition coefficient (Wildman–Crippen LogP) is 1.25. The van der Waals surface area contributed by atoms with Gasteiger partial charge in [0.15, 0.2) is 0 Å². The zero-order valence-corrected chi connectivity index (χ0v) is 7.83. The molecule has 2 heteroatoms. The number of hydrogen-bond donors (Lipinski definition) is 2. The minimum absolute atomic E-state index is 0.140. The van der Waals surface area contributed by atoms with Crippen LogP contribution >= 0.6 is 0 Å². The molecule has 1 aliphatic rings. The molecule has 0 bridgehead atoms. The Labute approximate surface area is 78.6 Å². The number of fused-ring (bicyclic) bond motifs is 1. The maximum absolute atomic E-state index is 9.78. The summed E-state index contributed by atoms with van der Waals surface area (Å²) in [4.78, 5) is 0. The Morgan fingerprint density at radius 2 is 2.23 bits per heavy atom. The molecule has 0 heterocycles. The van der Waals surface area contributed by atoms with Crippen LogP contribution in [0.25, 0.3) is 0 Å². The number of rotatable bonds is 2. The number of benzene rings is 1. The standard InChI is InChI=1S/C11H15NO/c1-2-12-11-9-6-4-3-5-8(9)7-10(11)13/h3-6,10-13H,2,7H2,1H3. The highest BCUT2D eigenvalue weighted by atomic mass is 16.3. The SMILES string of the molecule is CCNC1c2ccccc2CC1O. The lowest BCUT2D eigenvalue weighted by atomic mass is 10.1. The van der Waals surface area contributed by atoms with E-state index in [4.69, 9.17) is 0 Å². The number of aliphatic hydroxyl groups is 1. The number of hydrogen-bond acceptors (Lipinski definition) is 2. The van der Waals surface area contributed by atoms with Crippen molar-refractivity contribution in [3.05, 3.63) is 35.4 Å². The molecule has 0 aromatic heterocycles. The smallest absolute Gasteiger partial charge is 0.0775 e. The van der Waals surface area contributed by atoms with Crippen LogP contribution in [0.4, 0.5) is 0 Å². The van der Waals surface area contributed by atoms with Gasteiger partial charge in [-0.1, -0.05) is 31.2 Å². The van der Waals surface area contributed by atoms with Gasteiger partial charge in [0.05, 0.1) is 12.1 Å². The Morgan fingerprint density at radius 3 is 3.00 bits per heavy atom. The van der Waals surface area contributed by atoms with Crippen LogP contribution in [0.5, 0.6) is 0 Å². The molecule has 2 atom stereocenters. The maximum atomic E-state index is 9.78. The maximum Gasteiger partial charge on any atom is 0.0775 e. The van der Waals surface area contributed by atoms with E-state index in [1.807, 2.05) is 12.1 Å². The molecule has 70 valence electrons. The lowest BCUT2D eigenvalue weighted by Crippen LogP contribution is -2.28. The average Bonchev–Trinajstić information content (AvgIpc) is 2.44. The first kappa shape index (κ1) is 8.73. The number of likely N-dealkylation sites (N-methyl/N-ethyl adjacent to an activating group) is 1. The molecule has 2 rings (SSSR count). The van der Waals surface area contributed by atoms with Crippen molar-refractivity contribution in [1.29, 1.82) is 0 Å². The molecular formula is C11H15NO. The zero-order valence-electron chi connectivity index (χ0n) is 7.83. The van der Waals surface area contributed by atoms with Gasteiger partial charge < -0.3 is 10.4 Å². The molecule has 1 aliphatic carbocycles. The predicted molar refractivity (Wildman–Crippen MR) is 52.6 cm³/mol. The van der Waals surface area contributed by atoms with E-state index in [-0.39, 0.29) is 12.1 Å². The van der Waals surface area contributed by atoms with Gasteiger partial charge in [-0.3, -0.25) is 0 Å². The first-order valence-electron chi connectivity index (χ1n) is 4.82. The van der Waals surface area contributed by atoms with E-state index in [0.29, 0.717) is 0 Å². The number of aliphatic hydroxyl groups excluding tert-OH is 1. The van der Waals surface area contributed by atoms with Gasteiger partial charge in [0.2, 0.25) is 0 Å². The minimum atomic E-state index is -0.252. The van der Waals surface area contributed by atoms with E-state index in [9.17, 15) is 5.11 Å². The Hall–Kier alpha value is -0.860. The van der Waals surface area contributed by atoms with Gasteiger partial charge in [-0.25, -0.2) is 0 Å². The molecule has 0 fully saturated rings. The molecule has 1 aromatic carbocycles. The van der Waals surface area contributed by atoms with Crippen molar-refractivity contribution in [2.45, 2.75) is 25.5 Å². The van der Waals surface area contributed by atoms with Gasteiger partial charge in [-0.2, -0.15) is 0 Å². The molecule has 0 spiro atoms. The van der Waals surface area contributed by atoms with Crippen molar-refractivity contribution in [2.24, 2.45) is 0 Å². The van der Waals surface area contributed by atoms with Gasteiger partial charge in [0, 0.05) is 6.42 Å². The summed E-state index contributed by atoms with van der Waals surface area (Å²) in [6, 6.07) is 8.39. The molecule has 2 N–H and O–H groups in total. The van der Waals surface area contributed by atoms with Crippen molar-refractivity contribution in [3.63, 3.8) is 0 Å². The van der Waals surface area contributed by atoms with Crippen molar-refractivity contribution in [1.82, 2.24) is 5.32 Å². The second-order valence-corrected chi connectivity index (χ2v) is 3.51. The third-order valence-corrected chi connectivity index (χ3v) is 2.63. The Morgan fingerprint density at radius 1 is 1.46 bits per heavy atom. The van der Waals surface area contributed by atoms with E-state index in [1.54, 1.807) is 0 Å². The summed E-state index contributed by atoms with van der Waals surface area (Å²) in [6.45, 7) is 2.96. The number of nitrogens with one attached hydrogen (secondary N) is 1. The van der Waals surface area contributed by atoms with Crippen LogP contribution in [0.3, 0.4) is 0 Å². The topological polar surface area (TPSA) is 32.3 Å². The monoisotopic (exact) mass is 177 g/mol. The Bertz CT molecular complexity index is 298. The average molecular weight is 177 g/mol.